The van der Waals surface area contributed by atoms with Gasteiger partial charge in [-0.15, -0.1) is 0 Å². The van der Waals surface area contributed by atoms with Crippen molar-refractivity contribution in [3.63, 3.8) is 0 Å². The van der Waals surface area contributed by atoms with Gasteiger partial charge in [-0.25, -0.2) is 0 Å². The van der Waals surface area contributed by atoms with E-state index in [0.717, 1.165) is 5.56 Å². The molecule has 0 radical (unpaired) electrons. The summed E-state index contributed by atoms with van der Waals surface area (Å²) < 4.78 is 0. The molecule has 2 unspecified atom stereocenters. The van der Waals surface area contributed by atoms with E-state index >= 15 is 0 Å². The van der Waals surface area contributed by atoms with Crippen LogP contribution in [0.15, 0.2) is 24.3 Å². The zero-order valence-electron chi connectivity index (χ0n) is 10.8. The molecule has 1 aliphatic rings. The van der Waals surface area contributed by atoms with Crippen molar-refractivity contribution < 1.29 is 14.7 Å². The monoisotopic (exact) mass is 281 g/mol. The van der Waals surface area contributed by atoms with Crippen LogP contribution in [0.3, 0.4) is 0 Å². The number of hydrogen-bond acceptors (Lipinski definition) is 2. The van der Waals surface area contributed by atoms with Crippen LogP contribution < -0.4 is 0 Å². The summed E-state index contributed by atoms with van der Waals surface area (Å²) in [6.07, 6.45) is 0.0564. The number of carboxylic acids is 1. The molecule has 2 rings (SSSR count). The summed E-state index contributed by atoms with van der Waals surface area (Å²) in [5.74, 6) is -1.74. The molecule has 2 atom stereocenters. The molecule has 1 heterocycles. The molecular weight excluding hydrogens is 266 g/mol. The molecule has 0 bridgehead atoms. The topological polar surface area (TPSA) is 57.6 Å². The first kappa shape index (κ1) is 13.9. The molecule has 1 fully saturated rings. The third kappa shape index (κ3) is 2.59. The standard InChI is InChI=1S/C14H16ClNO3/c1-8(2)16-12(17)7-11(14(18)19)13(16)9-3-5-10(15)6-4-9/h3-6,8,11,13H,7H2,1-2H3,(H,18,19). The average molecular weight is 282 g/mol. The van der Waals surface area contributed by atoms with Gasteiger partial charge >= 0.3 is 5.97 Å². The summed E-state index contributed by atoms with van der Waals surface area (Å²) in [5.41, 5.74) is 0.816. The first-order chi connectivity index (χ1) is 8.91. The summed E-state index contributed by atoms with van der Waals surface area (Å²) in [6.45, 7) is 3.79. The number of amides is 1. The molecule has 1 aliphatic heterocycles. The van der Waals surface area contributed by atoms with Crippen LogP contribution in [-0.4, -0.2) is 27.9 Å². The van der Waals surface area contributed by atoms with E-state index in [1.54, 1.807) is 29.2 Å². The lowest BCUT2D eigenvalue weighted by Crippen LogP contribution is -2.36. The Morgan fingerprint density at radius 1 is 1.37 bits per heavy atom. The fraction of sp³-hybridized carbons (Fsp3) is 0.429. The maximum atomic E-state index is 12.0. The zero-order chi connectivity index (χ0) is 14.2. The van der Waals surface area contributed by atoms with Crippen molar-refractivity contribution in [1.29, 1.82) is 0 Å². The fourth-order valence-electron chi connectivity index (χ4n) is 2.64. The highest BCUT2D eigenvalue weighted by Gasteiger charge is 2.45. The number of likely N-dealkylation sites (tertiary alicyclic amines) is 1. The molecule has 102 valence electrons. The number of hydrogen-bond donors (Lipinski definition) is 1. The van der Waals surface area contributed by atoms with E-state index in [1.165, 1.54) is 0 Å². The van der Waals surface area contributed by atoms with Crippen molar-refractivity contribution in [3.8, 4) is 0 Å². The molecule has 0 spiro atoms. The van der Waals surface area contributed by atoms with Gasteiger partial charge < -0.3 is 10.0 Å². The fourth-order valence-corrected chi connectivity index (χ4v) is 2.76. The zero-order valence-corrected chi connectivity index (χ0v) is 11.6. The van der Waals surface area contributed by atoms with Crippen molar-refractivity contribution in [2.75, 3.05) is 0 Å². The van der Waals surface area contributed by atoms with Gasteiger partial charge in [0, 0.05) is 17.5 Å². The minimum absolute atomic E-state index is 0.0301. The second-order valence-corrected chi connectivity index (χ2v) is 5.48. The molecule has 1 saturated heterocycles. The molecule has 0 saturated carbocycles. The van der Waals surface area contributed by atoms with Gasteiger partial charge in [0.1, 0.15) is 0 Å². The van der Waals surface area contributed by atoms with Gasteiger partial charge in [0.25, 0.3) is 0 Å². The normalized spacial score (nSPS) is 23.2. The summed E-state index contributed by atoms with van der Waals surface area (Å²) in [4.78, 5) is 25.0. The Bertz CT molecular complexity index is 498. The molecule has 1 aromatic carbocycles. The predicted octanol–water partition coefficient (Wildman–Crippen LogP) is 2.72. The molecule has 1 aromatic rings. The van der Waals surface area contributed by atoms with Gasteiger partial charge in [-0.2, -0.15) is 0 Å². The van der Waals surface area contributed by atoms with E-state index in [2.05, 4.69) is 0 Å². The third-order valence-corrected chi connectivity index (χ3v) is 3.70. The number of carboxylic acid groups (broad SMARTS) is 1. The average Bonchev–Trinajstić information content (AvgIpc) is 2.68. The van der Waals surface area contributed by atoms with Gasteiger partial charge in [0.05, 0.1) is 12.0 Å². The summed E-state index contributed by atoms with van der Waals surface area (Å²) in [7, 11) is 0. The van der Waals surface area contributed by atoms with Gasteiger partial charge in [-0.05, 0) is 31.5 Å². The van der Waals surface area contributed by atoms with Crippen LogP contribution in [0.5, 0.6) is 0 Å². The Kier molecular flexibility index (Phi) is 3.80. The number of benzene rings is 1. The van der Waals surface area contributed by atoms with Crippen LogP contribution in [-0.2, 0) is 9.59 Å². The number of aliphatic carboxylic acids is 1. The highest BCUT2D eigenvalue weighted by atomic mass is 35.5. The van der Waals surface area contributed by atoms with Crippen LogP contribution in [0.2, 0.25) is 5.02 Å². The van der Waals surface area contributed by atoms with Crippen molar-refractivity contribution in [3.05, 3.63) is 34.9 Å². The second kappa shape index (κ2) is 5.21. The lowest BCUT2D eigenvalue weighted by molar-refractivity contribution is -0.142. The molecule has 1 amide bonds. The van der Waals surface area contributed by atoms with Crippen molar-refractivity contribution in [2.24, 2.45) is 5.92 Å². The van der Waals surface area contributed by atoms with E-state index < -0.39 is 17.9 Å². The number of halogens is 1. The van der Waals surface area contributed by atoms with Gasteiger partial charge in [-0.3, -0.25) is 9.59 Å². The molecule has 5 heteroatoms. The van der Waals surface area contributed by atoms with Crippen LogP contribution in [0.4, 0.5) is 0 Å². The van der Waals surface area contributed by atoms with E-state index in [0.29, 0.717) is 5.02 Å². The van der Waals surface area contributed by atoms with Crippen LogP contribution in [0.1, 0.15) is 31.9 Å². The molecule has 4 nitrogen and oxygen atoms in total. The minimum atomic E-state index is -0.934. The van der Waals surface area contributed by atoms with E-state index in [1.807, 2.05) is 13.8 Å². The summed E-state index contributed by atoms with van der Waals surface area (Å²) >= 11 is 5.85. The van der Waals surface area contributed by atoms with Crippen LogP contribution in [0.25, 0.3) is 0 Å². The SMILES string of the molecule is CC(C)N1C(=O)CC(C(=O)O)C1c1ccc(Cl)cc1. The molecule has 0 aromatic heterocycles. The third-order valence-electron chi connectivity index (χ3n) is 3.45. The van der Waals surface area contributed by atoms with E-state index in [4.69, 9.17) is 11.6 Å². The Labute approximate surface area is 117 Å². The van der Waals surface area contributed by atoms with E-state index in [9.17, 15) is 14.7 Å². The van der Waals surface area contributed by atoms with Gasteiger partial charge in [0.15, 0.2) is 0 Å². The maximum absolute atomic E-state index is 12.0. The molecule has 19 heavy (non-hydrogen) atoms. The highest BCUT2D eigenvalue weighted by molar-refractivity contribution is 6.30. The Balaban J connectivity index is 2.43. The largest absolute Gasteiger partial charge is 0.481 e. The van der Waals surface area contributed by atoms with Gasteiger partial charge in [-0.1, -0.05) is 23.7 Å². The first-order valence-corrected chi connectivity index (χ1v) is 6.59. The smallest absolute Gasteiger partial charge is 0.309 e. The quantitative estimate of drug-likeness (QED) is 0.927. The van der Waals surface area contributed by atoms with Crippen molar-refractivity contribution in [2.45, 2.75) is 32.4 Å². The van der Waals surface area contributed by atoms with Crippen molar-refractivity contribution in [1.82, 2.24) is 4.90 Å². The van der Waals surface area contributed by atoms with E-state index in [-0.39, 0.29) is 18.4 Å². The van der Waals surface area contributed by atoms with Crippen molar-refractivity contribution >= 4 is 23.5 Å². The molecular formula is C14H16ClNO3. The Hall–Kier alpha value is -1.55. The number of carbonyl (C=O) groups excluding carboxylic acids is 1. The predicted molar refractivity (Wildman–Crippen MR) is 71.9 cm³/mol. The van der Waals surface area contributed by atoms with Gasteiger partial charge in [0.2, 0.25) is 5.91 Å². The molecule has 0 aliphatic carbocycles. The highest BCUT2D eigenvalue weighted by Crippen LogP contribution is 2.39. The Morgan fingerprint density at radius 3 is 2.42 bits per heavy atom. The lowest BCUT2D eigenvalue weighted by atomic mass is 9.93. The Morgan fingerprint density at radius 2 is 1.95 bits per heavy atom. The molecule has 1 N–H and O–H groups in total. The van der Waals surface area contributed by atoms with Crippen LogP contribution >= 0.6 is 11.6 Å². The summed E-state index contributed by atoms with van der Waals surface area (Å²) in [5, 5.41) is 9.91. The number of carbonyl (C=O) groups is 2. The van der Waals surface area contributed by atoms with Crippen LogP contribution in [0, 0.1) is 5.92 Å². The summed E-state index contributed by atoms with van der Waals surface area (Å²) in [6, 6.07) is 6.57. The number of rotatable bonds is 3. The number of nitrogens with zero attached hydrogens (tertiary/aromatic N) is 1. The maximum Gasteiger partial charge on any atom is 0.309 e. The lowest BCUT2D eigenvalue weighted by Gasteiger charge is -2.30. The second-order valence-electron chi connectivity index (χ2n) is 5.04. The first-order valence-electron chi connectivity index (χ1n) is 6.21. The minimum Gasteiger partial charge on any atom is -0.481 e.